The molecule has 0 atom stereocenters. The van der Waals surface area contributed by atoms with Gasteiger partial charge < -0.3 is 9.47 Å². The third-order valence-corrected chi connectivity index (χ3v) is 6.60. The zero-order valence-electron chi connectivity index (χ0n) is 18.7. The highest BCUT2D eigenvalue weighted by molar-refractivity contribution is 5.77. The first-order chi connectivity index (χ1) is 16.2. The Morgan fingerprint density at radius 3 is 2.33 bits per heavy atom. The average molecular weight is 442 g/mol. The van der Waals surface area contributed by atoms with Gasteiger partial charge in [0.25, 0.3) is 0 Å². The van der Waals surface area contributed by atoms with E-state index < -0.39 is 0 Å². The van der Waals surface area contributed by atoms with Crippen LogP contribution in [-0.4, -0.2) is 33.4 Å². The summed E-state index contributed by atoms with van der Waals surface area (Å²) in [7, 11) is 0. The minimum absolute atomic E-state index is 0.178. The summed E-state index contributed by atoms with van der Waals surface area (Å²) in [6, 6.07) is 25.5. The zero-order chi connectivity index (χ0) is 22.6. The molecular weight excluding hydrogens is 413 g/mol. The quantitative estimate of drug-likeness (QED) is 0.393. The Balaban J connectivity index is 1.27. The van der Waals surface area contributed by atoms with E-state index in [1.54, 1.807) is 12.1 Å². The molecular formula is C28H28FN3O. The summed E-state index contributed by atoms with van der Waals surface area (Å²) < 4.78 is 15.5. The molecule has 4 nitrogen and oxygen atoms in total. The van der Waals surface area contributed by atoms with E-state index in [2.05, 4.69) is 47.0 Å². The molecule has 0 unspecified atom stereocenters. The van der Waals surface area contributed by atoms with E-state index in [1.165, 1.54) is 23.2 Å². The summed E-state index contributed by atoms with van der Waals surface area (Å²) in [5.41, 5.74) is 4.45. The van der Waals surface area contributed by atoms with Crippen molar-refractivity contribution in [3.63, 3.8) is 0 Å². The lowest BCUT2D eigenvalue weighted by molar-refractivity contribution is -0.132. The maximum atomic E-state index is 13.1. The van der Waals surface area contributed by atoms with Gasteiger partial charge in [-0.1, -0.05) is 54.6 Å². The number of hydrogen-bond acceptors (Lipinski definition) is 2. The zero-order valence-corrected chi connectivity index (χ0v) is 18.7. The largest absolute Gasteiger partial charge is 0.343 e. The number of likely N-dealkylation sites (tertiary alicyclic amines) is 1. The first kappa shape index (κ1) is 21.4. The summed E-state index contributed by atoms with van der Waals surface area (Å²) in [5, 5.41) is 0. The van der Waals surface area contributed by atoms with E-state index in [-0.39, 0.29) is 11.7 Å². The van der Waals surface area contributed by atoms with Crippen LogP contribution in [0.3, 0.4) is 0 Å². The number of rotatable bonds is 6. The molecule has 0 spiro atoms. The molecule has 5 rings (SSSR count). The van der Waals surface area contributed by atoms with Gasteiger partial charge in [-0.05, 0) is 54.7 Å². The molecule has 3 aromatic carbocycles. The first-order valence-electron chi connectivity index (χ1n) is 11.7. The van der Waals surface area contributed by atoms with Gasteiger partial charge in [0.1, 0.15) is 11.6 Å². The van der Waals surface area contributed by atoms with Crippen LogP contribution in [0, 0.1) is 5.82 Å². The molecule has 1 aliphatic rings. The standard InChI is InChI=1S/C28H28FN3O/c29-23-13-10-21(11-14-23)12-15-28(33)31-18-16-24(17-19-31)32-26-9-5-4-8-25(26)30-27(32)20-22-6-2-1-3-7-22/h1-11,13-14,24H,12,15-20H2. The predicted molar refractivity (Wildman–Crippen MR) is 129 cm³/mol. The van der Waals surface area contributed by atoms with E-state index in [0.29, 0.717) is 18.9 Å². The lowest BCUT2D eigenvalue weighted by Crippen LogP contribution is -2.39. The topological polar surface area (TPSA) is 38.1 Å². The van der Waals surface area contributed by atoms with Gasteiger partial charge in [-0.15, -0.1) is 0 Å². The van der Waals surface area contributed by atoms with Crippen LogP contribution in [0.1, 0.15) is 42.3 Å². The molecule has 0 saturated carbocycles. The molecule has 4 aromatic rings. The highest BCUT2D eigenvalue weighted by atomic mass is 19.1. The van der Waals surface area contributed by atoms with Crippen molar-refractivity contribution < 1.29 is 9.18 Å². The molecule has 0 radical (unpaired) electrons. The van der Waals surface area contributed by atoms with Crippen LogP contribution in [0.5, 0.6) is 0 Å². The SMILES string of the molecule is O=C(CCc1ccc(F)cc1)N1CCC(n2c(Cc3ccccc3)nc3ccccc32)CC1. The van der Waals surface area contributed by atoms with Crippen molar-refractivity contribution in [1.82, 2.24) is 14.5 Å². The van der Waals surface area contributed by atoms with Gasteiger partial charge in [-0.25, -0.2) is 9.37 Å². The number of aryl methyl sites for hydroxylation is 1. The molecule has 1 amide bonds. The molecule has 1 fully saturated rings. The second kappa shape index (κ2) is 9.57. The van der Waals surface area contributed by atoms with Gasteiger partial charge in [-0.3, -0.25) is 4.79 Å². The molecule has 168 valence electrons. The van der Waals surface area contributed by atoms with E-state index >= 15 is 0 Å². The number of carbonyl (C=O) groups excluding carboxylic acids is 1. The summed E-state index contributed by atoms with van der Waals surface area (Å²) >= 11 is 0. The second-order valence-electron chi connectivity index (χ2n) is 8.79. The van der Waals surface area contributed by atoms with Crippen LogP contribution >= 0.6 is 0 Å². The second-order valence-corrected chi connectivity index (χ2v) is 8.79. The smallest absolute Gasteiger partial charge is 0.222 e. The monoisotopic (exact) mass is 441 g/mol. The van der Waals surface area contributed by atoms with Crippen molar-refractivity contribution in [1.29, 1.82) is 0 Å². The third-order valence-electron chi connectivity index (χ3n) is 6.60. The Hall–Kier alpha value is -3.47. The van der Waals surface area contributed by atoms with Crippen LogP contribution in [0.15, 0.2) is 78.9 Å². The lowest BCUT2D eigenvalue weighted by Gasteiger charge is -2.34. The van der Waals surface area contributed by atoms with Crippen LogP contribution in [0.4, 0.5) is 4.39 Å². The van der Waals surface area contributed by atoms with Gasteiger partial charge in [0.05, 0.1) is 11.0 Å². The van der Waals surface area contributed by atoms with E-state index in [9.17, 15) is 9.18 Å². The highest BCUT2D eigenvalue weighted by Crippen LogP contribution is 2.30. The van der Waals surface area contributed by atoms with Gasteiger partial charge in [0.15, 0.2) is 0 Å². The highest BCUT2D eigenvalue weighted by Gasteiger charge is 2.26. The number of carbonyl (C=O) groups is 1. The van der Waals surface area contributed by atoms with Gasteiger partial charge in [-0.2, -0.15) is 0 Å². The summed E-state index contributed by atoms with van der Waals surface area (Å²) in [6.07, 6.45) is 3.75. The average Bonchev–Trinajstić information content (AvgIpc) is 3.22. The number of nitrogens with zero attached hydrogens (tertiary/aromatic N) is 3. The fourth-order valence-electron chi connectivity index (χ4n) is 4.84. The van der Waals surface area contributed by atoms with E-state index in [1.807, 2.05) is 17.0 Å². The van der Waals surface area contributed by atoms with Gasteiger partial charge >= 0.3 is 0 Å². The van der Waals surface area contributed by atoms with Crippen molar-refractivity contribution in [3.05, 3.63) is 102 Å². The summed E-state index contributed by atoms with van der Waals surface area (Å²) in [4.78, 5) is 19.7. The number of benzene rings is 3. The Morgan fingerprint density at radius 2 is 1.58 bits per heavy atom. The maximum Gasteiger partial charge on any atom is 0.222 e. The molecule has 5 heteroatoms. The number of piperidine rings is 1. The molecule has 0 aliphatic carbocycles. The van der Waals surface area contributed by atoms with Crippen molar-refractivity contribution >= 4 is 16.9 Å². The van der Waals surface area contributed by atoms with Crippen LogP contribution in [0.25, 0.3) is 11.0 Å². The summed E-state index contributed by atoms with van der Waals surface area (Å²) in [6.45, 7) is 1.51. The number of amides is 1. The Morgan fingerprint density at radius 1 is 0.879 bits per heavy atom. The third kappa shape index (κ3) is 4.82. The molecule has 0 N–H and O–H groups in total. The molecule has 1 aromatic heterocycles. The number of fused-ring (bicyclic) bond motifs is 1. The minimum Gasteiger partial charge on any atom is -0.343 e. The first-order valence-corrected chi connectivity index (χ1v) is 11.7. The fourth-order valence-corrected chi connectivity index (χ4v) is 4.84. The van der Waals surface area contributed by atoms with Crippen molar-refractivity contribution in [3.8, 4) is 0 Å². The maximum absolute atomic E-state index is 13.1. The van der Waals surface area contributed by atoms with Gasteiger partial charge in [0.2, 0.25) is 5.91 Å². The molecule has 1 saturated heterocycles. The lowest BCUT2D eigenvalue weighted by atomic mass is 10.0. The van der Waals surface area contributed by atoms with Crippen LogP contribution in [0.2, 0.25) is 0 Å². The van der Waals surface area contributed by atoms with Gasteiger partial charge in [0, 0.05) is 32.0 Å². The Labute approximate surface area is 193 Å². The molecule has 2 heterocycles. The predicted octanol–water partition coefficient (Wildman–Crippen LogP) is 5.56. The number of aromatic nitrogens is 2. The molecule has 33 heavy (non-hydrogen) atoms. The van der Waals surface area contributed by atoms with Crippen molar-refractivity contribution in [2.24, 2.45) is 0 Å². The fraction of sp³-hybridized carbons (Fsp3) is 0.286. The molecule has 1 aliphatic heterocycles. The number of imidazole rings is 1. The van der Waals surface area contributed by atoms with E-state index in [0.717, 1.165) is 49.3 Å². The normalized spacial score (nSPS) is 14.6. The number of halogens is 1. The minimum atomic E-state index is -0.245. The number of hydrogen-bond donors (Lipinski definition) is 0. The van der Waals surface area contributed by atoms with Crippen LogP contribution < -0.4 is 0 Å². The summed E-state index contributed by atoms with van der Waals surface area (Å²) in [5.74, 6) is 1.02. The Kier molecular flexibility index (Phi) is 6.20. The van der Waals surface area contributed by atoms with Crippen molar-refractivity contribution in [2.75, 3.05) is 13.1 Å². The molecule has 0 bridgehead atoms. The van der Waals surface area contributed by atoms with E-state index in [4.69, 9.17) is 4.98 Å². The van der Waals surface area contributed by atoms with Crippen molar-refractivity contribution in [2.45, 2.75) is 38.1 Å². The number of para-hydroxylation sites is 2. The Bertz CT molecular complexity index is 1230. The van der Waals surface area contributed by atoms with Crippen LogP contribution in [-0.2, 0) is 17.6 Å².